The summed E-state index contributed by atoms with van der Waals surface area (Å²) in [7, 11) is -3.67. The zero-order chi connectivity index (χ0) is 20.9. The number of benzene rings is 1. The monoisotopic (exact) mass is 455 g/mol. The highest BCUT2D eigenvalue weighted by Gasteiger charge is 2.30. The first-order valence-corrected chi connectivity index (χ1v) is 12.6. The van der Waals surface area contributed by atoms with Gasteiger partial charge in [0.05, 0.1) is 10.9 Å². The van der Waals surface area contributed by atoms with Crippen LogP contribution in [-0.2, 0) is 21.2 Å². The fraction of sp³-hybridized carbons (Fsp3) is 0.476. The summed E-state index contributed by atoms with van der Waals surface area (Å²) in [5.41, 5.74) is 0. The molecule has 1 saturated carbocycles. The van der Waals surface area contributed by atoms with Gasteiger partial charge in [0.15, 0.2) is 0 Å². The molecule has 1 aromatic carbocycles. The molecule has 1 aliphatic rings. The fourth-order valence-electron chi connectivity index (χ4n) is 3.81. The summed E-state index contributed by atoms with van der Waals surface area (Å²) < 4.78 is 29.0. The van der Waals surface area contributed by atoms with Crippen LogP contribution in [0.2, 0.25) is 5.02 Å². The molecule has 0 radical (unpaired) electrons. The van der Waals surface area contributed by atoms with Crippen molar-refractivity contribution in [1.29, 1.82) is 0 Å². The van der Waals surface area contributed by atoms with Crippen molar-refractivity contribution in [1.82, 2.24) is 4.72 Å². The lowest BCUT2D eigenvalue weighted by atomic mass is 9.84. The van der Waals surface area contributed by atoms with E-state index in [2.05, 4.69) is 4.72 Å². The van der Waals surface area contributed by atoms with Crippen molar-refractivity contribution in [3.63, 3.8) is 0 Å². The Kier molecular flexibility index (Phi) is 7.73. The molecule has 1 atom stereocenters. The standard InChI is InChI=1S/C21H26ClNO4S2/c22-16-9-12-18(13-10-16)29(26,27)23-21(15-5-2-1-3-6-15)19-14-11-17(28-19)7-4-8-20(24)25/h9-15,21,23H,1-8H2,(H,24,25). The lowest BCUT2D eigenvalue weighted by Gasteiger charge is -2.30. The Hall–Kier alpha value is -1.41. The topological polar surface area (TPSA) is 83.5 Å². The van der Waals surface area contributed by atoms with E-state index in [1.54, 1.807) is 23.5 Å². The Balaban J connectivity index is 1.80. The Labute approximate surface area is 181 Å². The van der Waals surface area contributed by atoms with Crippen molar-refractivity contribution in [2.75, 3.05) is 0 Å². The summed E-state index contributed by atoms with van der Waals surface area (Å²) in [5, 5.41) is 9.32. The molecule has 1 heterocycles. The third-order valence-electron chi connectivity index (χ3n) is 5.33. The molecule has 0 amide bonds. The number of rotatable bonds is 9. The Bertz CT molecular complexity index is 918. The summed E-state index contributed by atoms with van der Waals surface area (Å²) >= 11 is 7.48. The number of carboxylic acid groups (broad SMARTS) is 1. The second-order valence-corrected chi connectivity index (χ2v) is 10.9. The van der Waals surface area contributed by atoms with E-state index in [0.717, 1.165) is 35.4 Å². The van der Waals surface area contributed by atoms with Crippen molar-refractivity contribution in [3.8, 4) is 0 Å². The van der Waals surface area contributed by atoms with Crippen molar-refractivity contribution in [3.05, 3.63) is 51.2 Å². The lowest BCUT2D eigenvalue weighted by molar-refractivity contribution is -0.137. The van der Waals surface area contributed by atoms with Crippen LogP contribution in [0.25, 0.3) is 0 Å². The number of halogens is 1. The molecule has 1 aliphatic carbocycles. The first-order valence-electron chi connectivity index (χ1n) is 9.93. The second kappa shape index (κ2) is 10.1. The Morgan fingerprint density at radius 3 is 2.48 bits per heavy atom. The van der Waals surface area contributed by atoms with Crippen LogP contribution in [0.1, 0.15) is 60.7 Å². The van der Waals surface area contributed by atoms with Gasteiger partial charge in [-0.25, -0.2) is 13.1 Å². The number of hydrogen-bond acceptors (Lipinski definition) is 4. The van der Waals surface area contributed by atoms with Crippen molar-refractivity contribution in [2.24, 2.45) is 5.92 Å². The maximum Gasteiger partial charge on any atom is 0.303 e. The van der Waals surface area contributed by atoms with E-state index in [9.17, 15) is 13.2 Å². The highest BCUT2D eigenvalue weighted by molar-refractivity contribution is 7.89. The molecule has 0 aliphatic heterocycles. The van der Waals surface area contributed by atoms with Gasteiger partial charge in [-0.2, -0.15) is 0 Å². The molecule has 158 valence electrons. The summed E-state index contributed by atoms with van der Waals surface area (Å²) in [6.45, 7) is 0. The molecule has 0 saturated heterocycles. The molecule has 0 bridgehead atoms. The summed E-state index contributed by atoms with van der Waals surface area (Å²) in [5.74, 6) is -0.533. The molecule has 1 fully saturated rings. The molecule has 1 unspecified atom stereocenters. The van der Waals surface area contributed by atoms with E-state index >= 15 is 0 Å². The molecule has 3 rings (SSSR count). The van der Waals surface area contributed by atoms with Crippen LogP contribution < -0.4 is 4.72 Å². The molecule has 0 spiro atoms. The van der Waals surface area contributed by atoms with Gasteiger partial charge in [0.25, 0.3) is 0 Å². The van der Waals surface area contributed by atoms with Crippen LogP contribution in [0, 0.1) is 5.92 Å². The SMILES string of the molecule is O=C(O)CCCc1ccc(C(NS(=O)(=O)c2ccc(Cl)cc2)C2CCCCC2)s1. The normalized spacial score (nSPS) is 16.6. The van der Waals surface area contributed by atoms with Gasteiger partial charge in [-0.3, -0.25) is 4.79 Å². The van der Waals surface area contributed by atoms with Crippen LogP contribution in [0.4, 0.5) is 0 Å². The molecular weight excluding hydrogens is 430 g/mol. The van der Waals surface area contributed by atoms with Gasteiger partial charge in [-0.15, -0.1) is 11.3 Å². The molecule has 8 heteroatoms. The van der Waals surface area contributed by atoms with E-state index in [0.29, 0.717) is 17.9 Å². The van der Waals surface area contributed by atoms with Crippen molar-refractivity contribution in [2.45, 2.75) is 62.3 Å². The van der Waals surface area contributed by atoms with Gasteiger partial charge < -0.3 is 5.11 Å². The first-order chi connectivity index (χ1) is 13.8. The predicted molar refractivity (Wildman–Crippen MR) is 116 cm³/mol. The second-order valence-electron chi connectivity index (χ2n) is 7.50. The van der Waals surface area contributed by atoms with Crippen LogP contribution in [0.3, 0.4) is 0 Å². The lowest BCUT2D eigenvalue weighted by Crippen LogP contribution is -2.34. The van der Waals surface area contributed by atoms with Gasteiger partial charge in [0.2, 0.25) is 10.0 Å². The zero-order valence-corrected chi connectivity index (χ0v) is 18.5. The number of sulfonamides is 1. The van der Waals surface area contributed by atoms with Crippen molar-refractivity contribution < 1.29 is 18.3 Å². The molecule has 29 heavy (non-hydrogen) atoms. The molecule has 2 aromatic rings. The average molecular weight is 456 g/mol. The minimum Gasteiger partial charge on any atom is -0.481 e. The van der Waals surface area contributed by atoms with Crippen LogP contribution in [0.15, 0.2) is 41.3 Å². The van der Waals surface area contributed by atoms with E-state index in [4.69, 9.17) is 16.7 Å². The molecule has 2 N–H and O–H groups in total. The fourth-order valence-corrected chi connectivity index (χ4v) is 6.50. The number of thiophene rings is 1. The van der Waals surface area contributed by atoms with Crippen LogP contribution >= 0.6 is 22.9 Å². The summed E-state index contributed by atoms with van der Waals surface area (Å²) in [4.78, 5) is 13.0. The molecule has 5 nitrogen and oxygen atoms in total. The van der Waals surface area contributed by atoms with E-state index in [1.807, 2.05) is 12.1 Å². The molecular formula is C21H26ClNO4S2. The summed E-state index contributed by atoms with van der Waals surface area (Å²) in [6.07, 6.45) is 6.83. The van der Waals surface area contributed by atoms with Crippen LogP contribution in [-0.4, -0.2) is 19.5 Å². The van der Waals surface area contributed by atoms with Gasteiger partial charge in [0.1, 0.15) is 0 Å². The minimum absolute atomic E-state index is 0.141. The Morgan fingerprint density at radius 2 is 1.83 bits per heavy atom. The number of aliphatic carboxylic acids is 1. The van der Waals surface area contributed by atoms with E-state index < -0.39 is 16.0 Å². The minimum atomic E-state index is -3.67. The number of carbonyl (C=O) groups is 1. The van der Waals surface area contributed by atoms with Gasteiger partial charge in [-0.05, 0) is 68.0 Å². The maximum atomic E-state index is 13.0. The number of aryl methyl sites for hydroxylation is 1. The quantitative estimate of drug-likeness (QED) is 0.529. The van der Waals surface area contributed by atoms with Gasteiger partial charge in [-0.1, -0.05) is 30.9 Å². The highest BCUT2D eigenvalue weighted by atomic mass is 35.5. The number of carboxylic acids is 1. The summed E-state index contributed by atoms with van der Waals surface area (Å²) in [6, 6.07) is 9.92. The van der Waals surface area contributed by atoms with Crippen molar-refractivity contribution >= 4 is 38.9 Å². The van der Waals surface area contributed by atoms with Gasteiger partial charge in [0, 0.05) is 21.2 Å². The van der Waals surface area contributed by atoms with Gasteiger partial charge >= 0.3 is 5.97 Å². The van der Waals surface area contributed by atoms with E-state index in [1.165, 1.54) is 18.6 Å². The number of hydrogen-bond donors (Lipinski definition) is 2. The number of nitrogens with one attached hydrogen (secondary N) is 1. The third kappa shape index (κ3) is 6.28. The predicted octanol–water partition coefficient (Wildman–Crippen LogP) is 5.41. The third-order valence-corrected chi connectivity index (χ3v) is 8.27. The Morgan fingerprint density at radius 1 is 1.14 bits per heavy atom. The van der Waals surface area contributed by atoms with Crippen LogP contribution in [0.5, 0.6) is 0 Å². The van der Waals surface area contributed by atoms with E-state index in [-0.39, 0.29) is 23.3 Å². The zero-order valence-electron chi connectivity index (χ0n) is 16.1. The first kappa shape index (κ1) is 22.3. The maximum absolute atomic E-state index is 13.0. The highest BCUT2D eigenvalue weighted by Crippen LogP contribution is 2.38. The molecule has 1 aromatic heterocycles. The average Bonchev–Trinajstić information content (AvgIpc) is 3.15. The largest absolute Gasteiger partial charge is 0.481 e. The smallest absolute Gasteiger partial charge is 0.303 e.